The molecule has 1 amide bonds. The second kappa shape index (κ2) is 10.6. The third kappa shape index (κ3) is 5.08. The molecule has 32 heavy (non-hydrogen) atoms. The summed E-state index contributed by atoms with van der Waals surface area (Å²) in [7, 11) is 0. The van der Waals surface area contributed by atoms with E-state index in [1.807, 2.05) is 35.7 Å². The Morgan fingerprint density at radius 3 is 2.88 bits per heavy atom. The molecular weight excluding hydrogens is 422 g/mol. The van der Waals surface area contributed by atoms with Gasteiger partial charge in [-0.3, -0.25) is 4.79 Å². The van der Waals surface area contributed by atoms with Crippen molar-refractivity contribution in [1.82, 2.24) is 19.9 Å². The lowest BCUT2D eigenvalue weighted by Gasteiger charge is -2.12. The van der Waals surface area contributed by atoms with E-state index in [9.17, 15) is 4.79 Å². The number of hydrogen-bond donors (Lipinski definition) is 2. The number of nitrogens with two attached hydrogens (primary N) is 1. The third-order valence-electron chi connectivity index (χ3n) is 5.39. The van der Waals surface area contributed by atoms with Crippen molar-refractivity contribution < 1.29 is 9.53 Å². The van der Waals surface area contributed by atoms with Crippen molar-refractivity contribution in [1.29, 1.82) is 0 Å². The van der Waals surface area contributed by atoms with Gasteiger partial charge in [-0.05, 0) is 23.9 Å². The number of imidazole rings is 1. The zero-order valence-corrected chi connectivity index (χ0v) is 19.2. The van der Waals surface area contributed by atoms with Crippen molar-refractivity contribution in [3.05, 3.63) is 52.5 Å². The highest BCUT2D eigenvalue weighted by Crippen LogP contribution is 2.29. The number of para-hydroxylation sites is 1. The summed E-state index contributed by atoms with van der Waals surface area (Å²) in [5.41, 5.74) is 8.90. The summed E-state index contributed by atoms with van der Waals surface area (Å²) in [4.78, 5) is 22.4. The Balaban J connectivity index is 1.40. The molecule has 0 unspecified atom stereocenters. The zero-order valence-electron chi connectivity index (χ0n) is 18.3. The standard InChI is InChI=1S/C24H29N5O2S/c1-2-3-10-20-28-22-23(18-8-4-5-9-19(18)27-24(22)25)29(20)12-14-31-13-11-26-21(30)16-17-7-6-15-32-17/h4-9,15H,2-3,10-14,16H2,1H3,(H2,25,27)(H,26,30). The van der Waals surface area contributed by atoms with Crippen LogP contribution in [0.2, 0.25) is 0 Å². The molecule has 8 heteroatoms. The minimum absolute atomic E-state index is 0.0213. The lowest BCUT2D eigenvalue weighted by Crippen LogP contribution is -2.28. The van der Waals surface area contributed by atoms with Crippen molar-refractivity contribution in [2.45, 2.75) is 39.2 Å². The van der Waals surface area contributed by atoms with E-state index in [4.69, 9.17) is 15.5 Å². The van der Waals surface area contributed by atoms with Crippen LogP contribution in [0.3, 0.4) is 0 Å². The number of benzene rings is 1. The summed E-state index contributed by atoms with van der Waals surface area (Å²) in [5.74, 6) is 1.50. The summed E-state index contributed by atoms with van der Waals surface area (Å²) >= 11 is 1.59. The van der Waals surface area contributed by atoms with Gasteiger partial charge in [-0.15, -0.1) is 11.3 Å². The van der Waals surface area contributed by atoms with Crippen LogP contribution >= 0.6 is 11.3 Å². The first-order valence-electron chi connectivity index (χ1n) is 11.1. The minimum Gasteiger partial charge on any atom is -0.382 e. The van der Waals surface area contributed by atoms with Crippen molar-refractivity contribution >= 4 is 45.0 Å². The van der Waals surface area contributed by atoms with Gasteiger partial charge in [0.05, 0.1) is 30.7 Å². The number of nitrogen functional groups attached to an aromatic ring is 1. The summed E-state index contributed by atoms with van der Waals surface area (Å²) in [6, 6.07) is 11.9. The Kier molecular flexibility index (Phi) is 7.34. The number of nitrogens with zero attached hydrogens (tertiary/aromatic N) is 3. The molecule has 7 nitrogen and oxygen atoms in total. The molecule has 0 radical (unpaired) electrons. The average molecular weight is 452 g/mol. The lowest BCUT2D eigenvalue weighted by molar-refractivity contribution is -0.120. The van der Waals surface area contributed by atoms with E-state index in [-0.39, 0.29) is 5.91 Å². The fourth-order valence-electron chi connectivity index (χ4n) is 3.83. The molecular formula is C24H29N5O2S. The number of nitrogens with one attached hydrogen (secondary N) is 1. The first-order chi connectivity index (χ1) is 15.7. The van der Waals surface area contributed by atoms with E-state index in [1.165, 1.54) is 0 Å². The first-order valence-corrected chi connectivity index (χ1v) is 12.0. The molecule has 0 aliphatic carbocycles. The summed E-state index contributed by atoms with van der Waals surface area (Å²) < 4.78 is 8.06. The Bertz CT molecular complexity index is 1190. The van der Waals surface area contributed by atoms with Crippen molar-refractivity contribution in [2.75, 3.05) is 25.5 Å². The molecule has 0 aliphatic heterocycles. The highest BCUT2D eigenvalue weighted by atomic mass is 32.1. The number of hydrogen-bond acceptors (Lipinski definition) is 6. The number of unbranched alkanes of at least 4 members (excludes halogenated alkanes) is 1. The molecule has 0 saturated heterocycles. The van der Waals surface area contributed by atoms with Crippen LogP contribution in [0.1, 0.15) is 30.5 Å². The molecule has 0 fully saturated rings. The number of aromatic nitrogens is 3. The van der Waals surface area contributed by atoms with Crippen LogP contribution < -0.4 is 11.1 Å². The number of thiophene rings is 1. The van der Waals surface area contributed by atoms with Crippen LogP contribution in [-0.2, 0) is 28.9 Å². The molecule has 4 aromatic rings. The maximum Gasteiger partial charge on any atom is 0.225 e. The van der Waals surface area contributed by atoms with Crippen LogP contribution in [-0.4, -0.2) is 40.2 Å². The van der Waals surface area contributed by atoms with Crippen LogP contribution in [0.15, 0.2) is 41.8 Å². The van der Waals surface area contributed by atoms with Gasteiger partial charge in [-0.1, -0.05) is 37.6 Å². The quantitative estimate of drug-likeness (QED) is 0.337. The number of fused-ring (bicyclic) bond motifs is 3. The normalized spacial score (nSPS) is 11.4. The maximum atomic E-state index is 12.0. The van der Waals surface area contributed by atoms with Gasteiger partial charge in [0.15, 0.2) is 5.82 Å². The molecule has 1 aromatic carbocycles. The van der Waals surface area contributed by atoms with Crippen molar-refractivity contribution in [2.24, 2.45) is 0 Å². The van der Waals surface area contributed by atoms with Crippen molar-refractivity contribution in [3.63, 3.8) is 0 Å². The molecule has 4 rings (SSSR count). The third-order valence-corrected chi connectivity index (χ3v) is 6.26. The van der Waals surface area contributed by atoms with E-state index in [0.717, 1.165) is 51.9 Å². The van der Waals surface area contributed by atoms with Gasteiger partial charge < -0.3 is 20.4 Å². The largest absolute Gasteiger partial charge is 0.382 e. The zero-order chi connectivity index (χ0) is 22.3. The molecule has 0 bridgehead atoms. The SMILES string of the molecule is CCCCc1nc2c(N)nc3ccccc3c2n1CCOCCNC(=O)Cc1cccs1. The number of carbonyl (C=O) groups excluding carboxylic acids is 1. The van der Waals surface area contributed by atoms with Gasteiger partial charge in [0.2, 0.25) is 5.91 Å². The Labute approximate surface area is 191 Å². The molecule has 0 atom stereocenters. The van der Waals surface area contributed by atoms with Gasteiger partial charge in [-0.25, -0.2) is 9.97 Å². The van der Waals surface area contributed by atoms with Crippen LogP contribution in [0.5, 0.6) is 0 Å². The smallest absolute Gasteiger partial charge is 0.225 e. The van der Waals surface area contributed by atoms with Gasteiger partial charge >= 0.3 is 0 Å². The lowest BCUT2D eigenvalue weighted by atomic mass is 10.2. The highest BCUT2D eigenvalue weighted by Gasteiger charge is 2.16. The Hall–Kier alpha value is -2.97. The first kappa shape index (κ1) is 22.2. The fourth-order valence-corrected chi connectivity index (χ4v) is 4.53. The van der Waals surface area contributed by atoms with Gasteiger partial charge in [0.1, 0.15) is 11.3 Å². The molecule has 0 saturated carbocycles. The number of pyridine rings is 1. The predicted octanol–water partition coefficient (Wildman–Crippen LogP) is 3.95. The van der Waals surface area contributed by atoms with Crippen LogP contribution in [0.4, 0.5) is 5.82 Å². The number of rotatable bonds is 11. The average Bonchev–Trinajstić information content (AvgIpc) is 3.43. The minimum atomic E-state index is 0.0213. The molecule has 0 aliphatic rings. The molecule has 3 N–H and O–H groups in total. The van der Waals surface area contributed by atoms with E-state index in [2.05, 4.69) is 27.9 Å². The Morgan fingerprint density at radius 2 is 2.06 bits per heavy atom. The number of aryl methyl sites for hydroxylation is 1. The highest BCUT2D eigenvalue weighted by molar-refractivity contribution is 7.10. The molecule has 168 valence electrons. The van der Waals surface area contributed by atoms with Crippen molar-refractivity contribution in [3.8, 4) is 0 Å². The molecule has 0 spiro atoms. The van der Waals surface area contributed by atoms with Crippen LogP contribution in [0.25, 0.3) is 21.9 Å². The van der Waals surface area contributed by atoms with E-state index >= 15 is 0 Å². The predicted molar refractivity (Wildman–Crippen MR) is 130 cm³/mol. The van der Waals surface area contributed by atoms with E-state index in [0.29, 0.717) is 38.5 Å². The summed E-state index contributed by atoms with van der Waals surface area (Å²) in [6.45, 7) is 4.34. The summed E-state index contributed by atoms with van der Waals surface area (Å²) in [6.07, 6.45) is 3.46. The maximum absolute atomic E-state index is 12.0. The number of amides is 1. The summed E-state index contributed by atoms with van der Waals surface area (Å²) in [5, 5.41) is 5.94. The van der Waals surface area contributed by atoms with Crippen LogP contribution in [0, 0.1) is 0 Å². The molecule has 3 aromatic heterocycles. The monoisotopic (exact) mass is 451 g/mol. The Morgan fingerprint density at radius 1 is 1.19 bits per heavy atom. The second-order valence-corrected chi connectivity index (χ2v) is 8.75. The van der Waals surface area contributed by atoms with Gasteiger partial charge in [-0.2, -0.15) is 0 Å². The van der Waals surface area contributed by atoms with Gasteiger partial charge in [0, 0.05) is 29.8 Å². The second-order valence-electron chi connectivity index (χ2n) is 7.71. The van der Waals surface area contributed by atoms with E-state index in [1.54, 1.807) is 11.3 Å². The topological polar surface area (TPSA) is 95.1 Å². The number of carbonyl (C=O) groups is 1. The number of anilines is 1. The fraction of sp³-hybridized carbons (Fsp3) is 0.375. The number of ether oxygens (including phenoxy) is 1. The van der Waals surface area contributed by atoms with Gasteiger partial charge in [0.25, 0.3) is 0 Å². The molecule has 3 heterocycles. The van der Waals surface area contributed by atoms with E-state index < -0.39 is 0 Å².